The van der Waals surface area contributed by atoms with E-state index in [0.717, 1.165) is 24.5 Å². The van der Waals surface area contributed by atoms with Crippen LogP contribution in [0.4, 0.5) is 11.4 Å². The molecule has 2 aliphatic heterocycles. The molecule has 2 heterocycles. The molecular formula is C21H22N4O. The van der Waals surface area contributed by atoms with E-state index < -0.39 is 0 Å². The average molecular weight is 346 g/mol. The zero-order chi connectivity index (χ0) is 18.1. The Labute approximate surface area is 154 Å². The normalized spacial score (nSPS) is 16.1. The lowest BCUT2D eigenvalue weighted by Crippen LogP contribution is -2.31. The summed E-state index contributed by atoms with van der Waals surface area (Å²) in [4.78, 5) is 12.8. The zero-order valence-corrected chi connectivity index (χ0v) is 15.0. The Bertz CT molecular complexity index is 783. The van der Waals surface area contributed by atoms with Crippen molar-refractivity contribution in [2.75, 3.05) is 37.2 Å². The van der Waals surface area contributed by atoms with Crippen LogP contribution in [0.15, 0.2) is 73.1 Å². The highest BCUT2D eigenvalue weighted by molar-refractivity contribution is 6.09. The number of hydrogen-bond acceptors (Lipinski definition) is 5. The third-order valence-corrected chi connectivity index (χ3v) is 4.82. The van der Waals surface area contributed by atoms with Gasteiger partial charge in [-0.2, -0.15) is 0 Å². The van der Waals surface area contributed by atoms with Crippen molar-refractivity contribution in [3.05, 3.63) is 84.2 Å². The van der Waals surface area contributed by atoms with Crippen LogP contribution < -0.4 is 10.0 Å². The standard InChI is InChI=1S/C21H22N4O/c1-22-13-3-15-24(22)19-9-5-17(6-10-19)21(26)18-7-11-20(12-8-18)25-16-4-14-23(25)2/h3-14H,15-16H2,1-2H3. The zero-order valence-electron chi connectivity index (χ0n) is 15.0. The summed E-state index contributed by atoms with van der Waals surface area (Å²) in [5, 5.41) is 8.37. The largest absolute Gasteiger partial charge is 0.296 e. The van der Waals surface area contributed by atoms with E-state index in [9.17, 15) is 4.79 Å². The molecule has 2 aromatic carbocycles. The monoisotopic (exact) mass is 346 g/mol. The Hall–Kier alpha value is -3.21. The van der Waals surface area contributed by atoms with Gasteiger partial charge in [-0.1, -0.05) is 0 Å². The number of benzene rings is 2. The van der Waals surface area contributed by atoms with E-state index in [2.05, 4.69) is 22.2 Å². The van der Waals surface area contributed by atoms with Crippen LogP contribution >= 0.6 is 0 Å². The lowest BCUT2D eigenvalue weighted by Gasteiger charge is -2.27. The minimum atomic E-state index is 0.0453. The molecule has 0 aromatic heterocycles. The van der Waals surface area contributed by atoms with Gasteiger partial charge in [0.2, 0.25) is 0 Å². The lowest BCUT2D eigenvalue weighted by atomic mass is 10.0. The first kappa shape index (κ1) is 16.3. The molecule has 0 spiro atoms. The summed E-state index contributed by atoms with van der Waals surface area (Å²) in [6.45, 7) is 1.70. The van der Waals surface area contributed by atoms with Crippen molar-refractivity contribution in [2.45, 2.75) is 0 Å². The van der Waals surface area contributed by atoms with E-state index in [1.807, 2.05) is 85.0 Å². The Morgan fingerprint density at radius 3 is 1.38 bits per heavy atom. The van der Waals surface area contributed by atoms with Gasteiger partial charge in [-0.15, -0.1) is 0 Å². The minimum Gasteiger partial charge on any atom is -0.296 e. The van der Waals surface area contributed by atoms with Crippen LogP contribution in [0.25, 0.3) is 0 Å². The highest BCUT2D eigenvalue weighted by Gasteiger charge is 2.16. The molecule has 0 atom stereocenters. The third-order valence-electron chi connectivity index (χ3n) is 4.82. The smallest absolute Gasteiger partial charge is 0.193 e. The van der Waals surface area contributed by atoms with E-state index in [1.165, 1.54) is 0 Å². The second-order valence-electron chi connectivity index (χ2n) is 6.50. The molecule has 0 saturated carbocycles. The van der Waals surface area contributed by atoms with Crippen LogP contribution in [0.2, 0.25) is 0 Å². The summed E-state index contributed by atoms with van der Waals surface area (Å²) in [7, 11) is 4.02. The van der Waals surface area contributed by atoms with Crippen molar-refractivity contribution in [1.82, 2.24) is 10.0 Å². The minimum absolute atomic E-state index is 0.0453. The molecule has 2 aliphatic rings. The van der Waals surface area contributed by atoms with Gasteiger partial charge in [0.05, 0.1) is 24.5 Å². The maximum atomic E-state index is 12.8. The quantitative estimate of drug-likeness (QED) is 0.793. The van der Waals surface area contributed by atoms with Gasteiger partial charge in [0.1, 0.15) is 0 Å². The second kappa shape index (κ2) is 6.59. The molecule has 0 amide bonds. The van der Waals surface area contributed by atoms with Crippen molar-refractivity contribution in [1.29, 1.82) is 0 Å². The molecule has 0 aliphatic carbocycles. The number of hydrogen-bond donors (Lipinski definition) is 0. The molecule has 0 N–H and O–H groups in total. The first-order chi connectivity index (χ1) is 12.6. The van der Waals surface area contributed by atoms with Crippen LogP contribution in [0.5, 0.6) is 0 Å². The van der Waals surface area contributed by atoms with E-state index in [4.69, 9.17) is 0 Å². The van der Waals surface area contributed by atoms with E-state index in [-0.39, 0.29) is 5.78 Å². The molecule has 0 saturated heterocycles. The van der Waals surface area contributed by atoms with Crippen LogP contribution in [-0.2, 0) is 0 Å². The van der Waals surface area contributed by atoms with Gasteiger partial charge in [-0.25, -0.2) is 0 Å². The first-order valence-electron chi connectivity index (χ1n) is 8.72. The number of nitrogens with zero attached hydrogens (tertiary/aromatic N) is 4. The molecule has 0 radical (unpaired) electrons. The van der Waals surface area contributed by atoms with Crippen LogP contribution in [0.3, 0.4) is 0 Å². The Morgan fingerprint density at radius 1 is 0.692 bits per heavy atom. The lowest BCUT2D eigenvalue weighted by molar-refractivity contribution is 0.103. The molecule has 5 nitrogen and oxygen atoms in total. The summed E-state index contributed by atoms with van der Waals surface area (Å²) in [5.41, 5.74) is 3.57. The predicted molar refractivity (Wildman–Crippen MR) is 105 cm³/mol. The molecule has 0 fully saturated rings. The number of hydrazine groups is 2. The highest BCUT2D eigenvalue weighted by Crippen LogP contribution is 2.23. The number of ketones is 1. The fourth-order valence-electron chi connectivity index (χ4n) is 3.33. The molecular weight excluding hydrogens is 324 g/mol. The van der Waals surface area contributed by atoms with Crippen LogP contribution in [0.1, 0.15) is 15.9 Å². The van der Waals surface area contributed by atoms with E-state index in [0.29, 0.717) is 11.1 Å². The van der Waals surface area contributed by atoms with Gasteiger partial charge in [-0.3, -0.25) is 24.8 Å². The molecule has 26 heavy (non-hydrogen) atoms. The maximum absolute atomic E-state index is 12.8. The summed E-state index contributed by atoms with van der Waals surface area (Å²) in [6, 6.07) is 15.6. The number of carbonyl (C=O) groups is 1. The predicted octanol–water partition coefficient (Wildman–Crippen LogP) is 3.28. The van der Waals surface area contributed by atoms with Gasteiger partial charge >= 0.3 is 0 Å². The Morgan fingerprint density at radius 2 is 1.08 bits per heavy atom. The van der Waals surface area contributed by atoms with Crippen molar-refractivity contribution in [2.24, 2.45) is 0 Å². The number of anilines is 2. The van der Waals surface area contributed by atoms with Gasteiger partial charge in [0.15, 0.2) is 5.78 Å². The van der Waals surface area contributed by atoms with Crippen molar-refractivity contribution in [3.63, 3.8) is 0 Å². The SMILES string of the molecule is CN1C=CCN1c1ccc(C(=O)c2ccc(N3CC=CN3C)cc2)cc1. The molecule has 2 aromatic rings. The van der Waals surface area contributed by atoms with Crippen molar-refractivity contribution < 1.29 is 4.79 Å². The van der Waals surface area contributed by atoms with E-state index in [1.54, 1.807) is 0 Å². The number of carbonyl (C=O) groups excluding carboxylic acids is 1. The van der Waals surface area contributed by atoms with Gasteiger partial charge in [0.25, 0.3) is 0 Å². The number of rotatable bonds is 4. The van der Waals surface area contributed by atoms with Gasteiger partial charge in [-0.05, 0) is 60.7 Å². The van der Waals surface area contributed by atoms with Crippen LogP contribution in [0, 0.1) is 0 Å². The Balaban J connectivity index is 1.49. The fourth-order valence-corrected chi connectivity index (χ4v) is 3.33. The highest BCUT2D eigenvalue weighted by atomic mass is 16.1. The summed E-state index contributed by atoms with van der Waals surface area (Å²) in [6.07, 6.45) is 8.28. The maximum Gasteiger partial charge on any atom is 0.193 e. The molecule has 0 bridgehead atoms. The molecule has 132 valence electrons. The third kappa shape index (κ3) is 2.92. The fraction of sp³-hybridized carbons (Fsp3) is 0.190. The molecule has 4 rings (SSSR count). The second-order valence-corrected chi connectivity index (χ2v) is 6.50. The summed E-state index contributed by atoms with van der Waals surface area (Å²) < 4.78 is 0. The van der Waals surface area contributed by atoms with Gasteiger partial charge in [0, 0.05) is 37.6 Å². The van der Waals surface area contributed by atoms with Gasteiger partial charge < -0.3 is 0 Å². The Kier molecular flexibility index (Phi) is 4.13. The average Bonchev–Trinajstić information content (AvgIpc) is 3.29. The van der Waals surface area contributed by atoms with E-state index >= 15 is 0 Å². The molecule has 0 unspecified atom stereocenters. The molecule has 5 heteroatoms. The summed E-state index contributed by atoms with van der Waals surface area (Å²) in [5.74, 6) is 0.0453. The van der Waals surface area contributed by atoms with Crippen molar-refractivity contribution >= 4 is 17.2 Å². The topological polar surface area (TPSA) is 30.0 Å². The van der Waals surface area contributed by atoms with Crippen molar-refractivity contribution in [3.8, 4) is 0 Å². The van der Waals surface area contributed by atoms with Crippen LogP contribution in [-0.4, -0.2) is 43.0 Å². The summed E-state index contributed by atoms with van der Waals surface area (Å²) >= 11 is 0. The first-order valence-corrected chi connectivity index (χ1v) is 8.72.